The summed E-state index contributed by atoms with van der Waals surface area (Å²) in [4.78, 5) is 2.41. The van der Waals surface area contributed by atoms with Gasteiger partial charge in [0.15, 0.2) is 0 Å². The van der Waals surface area contributed by atoms with Gasteiger partial charge in [0, 0.05) is 19.6 Å². The lowest BCUT2D eigenvalue weighted by Crippen LogP contribution is -2.33. The third-order valence-corrected chi connectivity index (χ3v) is 3.77. The van der Waals surface area contributed by atoms with E-state index in [0.717, 1.165) is 38.5 Å². The van der Waals surface area contributed by atoms with E-state index in [-0.39, 0.29) is 0 Å². The van der Waals surface area contributed by atoms with Gasteiger partial charge in [0.2, 0.25) is 0 Å². The van der Waals surface area contributed by atoms with Gasteiger partial charge in [0.1, 0.15) is 12.4 Å². The van der Waals surface area contributed by atoms with Gasteiger partial charge >= 0.3 is 0 Å². The SMILES string of the molecule is CCN(CC)CCNCCOc1ccc2ccccc2c1. The van der Waals surface area contributed by atoms with E-state index in [4.69, 9.17) is 4.74 Å². The number of rotatable bonds is 9. The molecule has 2 aromatic carbocycles. The molecule has 1 N–H and O–H groups in total. The highest BCUT2D eigenvalue weighted by Crippen LogP contribution is 2.20. The number of fused-ring (bicyclic) bond motifs is 1. The fourth-order valence-corrected chi connectivity index (χ4v) is 2.40. The minimum absolute atomic E-state index is 0.705. The fourth-order valence-electron chi connectivity index (χ4n) is 2.40. The van der Waals surface area contributed by atoms with Crippen LogP contribution in [-0.4, -0.2) is 44.2 Å². The molecule has 3 nitrogen and oxygen atoms in total. The Morgan fingerprint density at radius 2 is 1.71 bits per heavy atom. The second-order valence-corrected chi connectivity index (χ2v) is 5.13. The zero-order valence-corrected chi connectivity index (χ0v) is 13.1. The van der Waals surface area contributed by atoms with Crippen LogP contribution in [0.4, 0.5) is 0 Å². The van der Waals surface area contributed by atoms with E-state index >= 15 is 0 Å². The van der Waals surface area contributed by atoms with Crippen LogP contribution in [0.3, 0.4) is 0 Å². The van der Waals surface area contributed by atoms with Crippen molar-refractivity contribution in [3.8, 4) is 5.75 Å². The molecule has 2 aromatic rings. The van der Waals surface area contributed by atoms with Crippen molar-refractivity contribution in [3.05, 3.63) is 42.5 Å². The highest BCUT2D eigenvalue weighted by Gasteiger charge is 1.99. The van der Waals surface area contributed by atoms with Crippen LogP contribution in [0.2, 0.25) is 0 Å². The summed E-state index contributed by atoms with van der Waals surface area (Å²) < 4.78 is 5.80. The average molecular weight is 286 g/mol. The maximum Gasteiger partial charge on any atom is 0.120 e. The van der Waals surface area contributed by atoms with E-state index in [2.05, 4.69) is 60.5 Å². The first-order chi connectivity index (χ1) is 10.3. The van der Waals surface area contributed by atoms with Crippen molar-refractivity contribution < 1.29 is 4.74 Å². The molecule has 2 rings (SSSR count). The van der Waals surface area contributed by atoms with Crippen LogP contribution < -0.4 is 10.1 Å². The van der Waals surface area contributed by atoms with Crippen LogP contribution >= 0.6 is 0 Å². The summed E-state index contributed by atoms with van der Waals surface area (Å²) in [6.07, 6.45) is 0. The Morgan fingerprint density at radius 1 is 0.952 bits per heavy atom. The predicted molar refractivity (Wildman–Crippen MR) is 90.1 cm³/mol. The Balaban J connectivity index is 1.68. The first-order valence-corrected chi connectivity index (χ1v) is 7.88. The topological polar surface area (TPSA) is 24.5 Å². The third kappa shape index (κ3) is 5.03. The zero-order valence-electron chi connectivity index (χ0n) is 13.1. The van der Waals surface area contributed by atoms with Gasteiger partial charge in [-0.3, -0.25) is 0 Å². The molecule has 0 aliphatic carbocycles. The number of nitrogens with zero attached hydrogens (tertiary/aromatic N) is 1. The van der Waals surface area contributed by atoms with Gasteiger partial charge < -0.3 is 15.0 Å². The fraction of sp³-hybridized carbons (Fsp3) is 0.444. The van der Waals surface area contributed by atoms with Gasteiger partial charge in [-0.25, -0.2) is 0 Å². The molecule has 21 heavy (non-hydrogen) atoms. The van der Waals surface area contributed by atoms with Crippen molar-refractivity contribution in [1.82, 2.24) is 10.2 Å². The van der Waals surface area contributed by atoms with Crippen molar-refractivity contribution in [2.45, 2.75) is 13.8 Å². The monoisotopic (exact) mass is 286 g/mol. The number of hydrogen-bond donors (Lipinski definition) is 1. The Labute approximate surface area is 127 Å². The van der Waals surface area contributed by atoms with Crippen LogP contribution in [0.15, 0.2) is 42.5 Å². The van der Waals surface area contributed by atoms with Gasteiger partial charge in [-0.05, 0) is 36.0 Å². The number of nitrogens with one attached hydrogen (secondary N) is 1. The second kappa shape index (κ2) is 8.65. The zero-order chi connectivity index (χ0) is 14.9. The standard InChI is InChI=1S/C18H26N2O/c1-3-20(4-2)13-11-19-12-14-21-18-10-9-16-7-5-6-8-17(16)15-18/h5-10,15,19H,3-4,11-14H2,1-2H3. The van der Waals surface area contributed by atoms with E-state index < -0.39 is 0 Å². The molecule has 0 atom stereocenters. The van der Waals surface area contributed by atoms with Crippen LogP contribution in [0.25, 0.3) is 10.8 Å². The summed E-state index contributed by atoms with van der Waals surface area (Å²) in [7, 11) is 0. The van der Waals surface area contributed by atoms with Gasteiger partial charge in [-0.1, -0.05) is 44.2 Å². The predicted octanol–water partition coefficient (Wildman–Crippen LogP) is 3.15. The maximum atomic E-state index is 5.80. The van der Waals surface area contributed by atoms with Gasteiger partial charge in [-0.2, -0.15) is 0 Å². The largest absolute Gasteiger partial charge is 0.492 e. The molecule has 0 aliphatic heterocycles. The van der Waals surface area contributed by atoms with Crippen molar-refractivity contribution >= 4 is 10.8 Å². The maximum absolute atomic E-state index is 5.80. The van der Waals surface area contributed by atoms with E-state index in [9.17, 15) is 0 Å². The Bertz CT molecular complexity index is 537. The molecular weight excluding hydrogens is 260 g/mol. The van der Waals surface area contributed by atoms with Crippen molar-refractivity contribution in [3.63, 3.8) is 0 Å². The minimum Gasteiger partial charge on any atom is -0.492 e. The molecule has 0 heterocycles. The first kappa shape index (κ1) is 15.8. The summed E-state index contributed by atoms with van der Waals surface area (Å²) >= 11 is 0. The summed E-state index contributed by atoms with van der Waals surface area (Å²) in [6, 6.07) is 14.6. The molecule has 3 heteroatoms. The number of benzene rings is 2. The summed E-state index contributed by atoms with van der Waals surface area (Å²) in [5.74, 6) is 0.944. The highest BCUT2D eigenvalue weighted by molar-refractivity contribution is 5.83. The molecule has 0 aliphatic rings. The molecular formula is C18H26N2O. The van der Waals surface area contributed by atoms with Crippen LogP contribution in [-0.2, 0) is 0 Å². The molecule has 0 radical (unpaired) electrons. The number of hydrogen-bond acceptors (Lipinski definition) is 3. The molecule has 0 aromatic heterocycles. The number of ether oxygens (including phenoxy) is 1. The third-order valence-electron chi connectivity index (χ3n) is 3.77. The lowest BCUT2D eigenvalue weighted by atomic mass is 10.1. The molecule has 0 spiro atoms. The van der Waals surface area contributed by atoms with E-state index in [1.807, 2.05) is 6.07 Å². The van der Waals surface area contributed by atoms with Crippen LogP contribution in [0.1, 0.15) is 13.8 Å². The van der Waals surface area contributed by atoms with Gasteiger partial charge in [-0.15, -0.1) is 0 Å². The minimum atomic E-state index is 0.705. The molecule has 0 saturated heterocycles. The lowest BCUT2D eigenvalue weighted by molar-refractivity contribution is 0.286. The normalized spacial score (nSPS) is 11.2. The molecule has 114 valence electrons. The van der Waals surface area contributed by atoms with E-state index in [1.165, 1.54) is 10.8 Å². The summed E-state index contributed by atoms with van der Waals surface area (Å²) in [5, 5.41) is 5.90. The number of likely N-dealkylation sites (N-methyl/N-ethyl adjacent to an activating group) is 1. The van der Waals surface area contributed by atoms with E-state index in [1.54, 1.807) is 0 Å². The first-order valence-electron chi connectivity index (χ1n) is 7.88. The Kier molecular flexibility index (Phi) is 6.51. The Hall–Kier alpha value is -1.58. The van der Waals surface area contributed by atoms with Gasteiger partial charge in [0.25, 0.3) is 0 Å². The highest BCUT2D eigenvalue weighted by atomic mass is 16.5. The van der Waals surface area contributed by atoms with Crippen molar-refractivity contribution in [1.29, 1.82) is 0 Å². The second-order valence-electron chi connectivity index (χ2n) is 5.13. The smallest absolute Gasteiger partial charge is 0.120 e. The van der Waals surface area contributed by atoms with Crippen molar-refractivity contribution in [2.24, 2.45) is 0 Å². The molecule has 0 unspecified atom stereocenters. The molecule has 0 bridgehead atoms. The van der Waals surface area contributed by atoms with Gasteiger partial charge in [0.05, 0.1) is 0 Å². The lowest BCUT2D eigenvalue weighted by Gasteiger charge is -2.18. The molecule has 0 amide bonds. The van der Waals surface area contributed by atoms with Crippen LogP contribution in [0, 0.1) is 0 Å². The Morgan fingerprint density at radius 3 is 2.48 bits per heavy atom. The van der Waals surface area contributed by atoms with Crippen molar-refractivity contribution in [2.75, 3.05) is 39.3 Å². The summed E-state index contributed by atoms with van der Waals surface area (Å²) in [5.41, 5.74) is 0. The molecule has 0 fully saturated rings. The molecule has 0 saturated carbocycles. The average Bonchev–Trinajstić information content (AvgIpc) is 2.54. The van der Waals surface area contributed by atoms with E-state index in [0.29, 0.717) is 6.61 Å². The quantitative estimate of drug-likeness (QED) is 0.717. The van der Waals surface area contributed by atoms with Crippen LogP contribution in [0.5, 0.6) is 5.75 Å². The summed E-state index contributed by atoms with van der Waals surface area (Å²) in [6.45, 7) is 10.3.